The van der Waals surface area contributed by atoms with Crippen molar-refractivity contribution >= 4 is 39.4 Å². The highest BCUT2D eigenvalue weighted by Gasteiger charge is 2.52. The van der Waals surface area contributed by atoms with Gasteiger partial charge in [0.2, 0.25) is 0 Å². The quantitative estimate of drug-likeness (QED) is 0.322. The second-order valence-corrected chi connectivity index (χ2v) is 22.4. The fourth-order valence-corrected chi connectivity index (χ4v) is 6.11. The second-order valence-electron chi connectivity index (χ2n) is 12.5. The van der Waals surface area contributed by atoms with Crippen LogP contribution >= 0.6 is 11.6 Å². The maximum atomic E-state index is 6.95. The van der Waals surface area contributed by atoms with Crippen LogP contribution < -0.4 is 0 Å². The Kier molecular flexibility index (Phi) is 7.03. The summed E-state index contributed by atoms with van der Waals surface area (Å²) < 4.78 is 22.3. The average molecular weight is 513 g/mol. The highest BCUT2D eigenvalue weighted by atomic mass is 35.5. The van der Waals surface area contributed by atoms with E-state index in [-0.39, 0.29) is 22.4 Å². The summed E-state index contributed by atoms with van der Waals surface area (Å²) in [5, 5.41) is 0.551. The minimum Gasteiger partial charge on any atom is -0.414 e. The smallest absolute Gasteiger partial charge is 0.192 e. The van der Waals surface area contributed by atoms with Crippen LogP contribution in [-0.4, -0.2) is 54.5 Å². The summed E-state index contributed by atoms with van der Waals surface area (Å²) in [6.45, 7) is 25.3. The van der Waals surface area contributed by atoms with Gasteiger partial charge < -0.3 is 13.6 Å². The monoisotopic (exact) mass is 512 g/mol. The van der Waals surface area contributed by atoms with Crippen LogP contribution in [0.2, 0.25) is 41.4 Å². The molecule has 0 unspecified atom stereocenters. The van der Waals surface area contributed by atoms with Crippen molar-refractivity contribution in [3.05, 3.63) is 17.8 Å². The van der Waals surface area contributed by atoms with Gasteiger partial charge in [0, 0.05) is 6.42 Å². The van der Waals surface area contributed by atoms with Gasteiger partial charge in [-0.15, -0.1) is 0 Å². The second kappa shape index (κ2) is 8.67. The predicted octanol–water partition coefficient (Wildman–Crippen LogP) is 6.57. The van der Waals surface area contributed by atoms with Gasteiger partial charge in [-0.2, -0.15) is 0 Å². The van der Waals surface area contributed by atoms with Gasteiger partial charge in [-0.05, 0) is 43.2 Å². The number of aromatic nitrogens is 4. The summed E-state index contributed by atoms with van der Waals surface area (Å²) in [7, 11) is -4.01. The lowest BCUT2D eigenvalue weighted by atomic mass is 10.0. The molecule has 1 aliphatic heterocycles. The SMILES string of the molecule is CC(C)(C)[Si](C)(C)OC[C@@]1(C)O[C@@H](n2cnc3c(Cl)ncnc32)C[C@@H]1O[Si](C)(C)C(C)(C)C. The Hall–Kier alpha value is -0.846. The molecule has 10 heteroatoms. The molecule has 0 aromatic carbocycles. The van der Waals surface area contributed by atoms with E-state index < -0.39 is 22.2 Å². The van der Waals surface area contributed by atoms with Gasteiger partial charge in [-0.1, -0.05) is 53.1 Å². The van der Waals surface area contributed by atoms with Crippen LogP contribution in [0.3, 0.4) is 0 Å². The van der Waals surface area contributed by atoms with Crippen LogP contribution in [0.5, 0.6) is 0 Å². The fraction of sp³-hybridized carbons (Fsp3) is 0.783. The maximum absolute atomic E-state index is 6.95. The van der Waals surface area contributed by atoms with E-state index in [1.165, 1.54) is 6.33 Å². The molecule has 0 spiro atoms. The normalized spacial score (nSPS) is 25.2. The van der Waals surface area contributed by atoms with Crippen LogP contribution in [0.1, 0.15) is 61.1 Å². The summed E-state index contributed by atoms with van der Waals surface area (Å²) in [5.41, 5.74) is 0.653. The van der Waals surface area contributed by atoms with Crippen molar-refractivity contribution in [2.75, 3.05) is 6.61 Å². The minimum atomic E-state index is -2.04. The lowest BCUT2D eigenvalue weighted by Crippen LogP contribution is -2.53. The van der Waals surface area contributed by atoms with Gasteiger partial charge in [0.15, 0.2) is 27.4 Å². The number of rotatable bonds is 6. The zero-order chi connectivity index (χ0) is 25.0. The Morgan fingerprint density at radius 3 is 2.24 bits per heavy atom. The Morgan fingerprint density at radius 2 is 1.67 bits per heavy atom. The van der Waals surface area contributed by atoms with Crippen molar-refractivity contribution in [1.29, 1.82) is 0 Å². The number of fused-ring (bicyclic) bond motifs is 1. The number of imidazole rings is 1. The molecule has 0 aliphatic carbocycles. The lowest BCUT2D eigenvalue weighted by molar-refractivity contribution is -0.109. The Labute approximate surface area is 205 Å². The number of nitrogens with zero attached hydrogens (tertiary/aromatic N) is 4. The minimum absolute atomic E-state index is 0.0920. The zero-order valence-corrected chi connectivity index (χ0v) is 24.9. The summed E-state index contributed by atoms with van der Waals surface area (Å²) in [4.78, 5) is 12.9. The van der Waals surface area contributed by atoms with Crippen LogP contribution in [0.4, 0.5) is 0 Å². The summed E-state index contributed by atoms with van der Waals surface area (Å²) in [6, 6.07) is 0. The number of hydrogen-bond donors (Lipinski definition) is 0. The Balaban J connectivity index is 1.94. The molecule has 33 heavy (non-hydrogen) atoms. The predicted molar refractivity (Wildman–Crippen MR) is 139 cm³/mol. The number of ether oxygens (including phenoxy) is 1. The molecule has 2 aromatic heterocycles. The Bertz CT molecular complexity index is 1000. The molecule has 7 nitrogen and oxygen atoms in total. The molecule has 2 aromatic rings. The first-order valence-electron chi connectivity index (χ1n) is 11.7. The third-order valence-electron chi connectivity index (χ3n) is 7.90. The number of hydrogen-bond acceptors (Lipinski definition) is 6. The fourth-order valence-electron chi connectivity index (χ4n) is 3.44. The molecule has 3 rings (SSSR count). The van der Waals surface area contributed by atoms with Crippen molar-refractivity contribution in [2.45, 2.75) is 109 Å². The highest BCUT2D eigenvalue weighted by molar-refractivity contribution is 6.74. The van der Waals surface area contributed by atoms with Crippen molar-refractivity contribution in [1.82, 2.24) is 19.5 Å². The summed E-state index contributed by atoms with van der Waals surface area (Å²) in [6.07, 6.45) is 3.50. The van der Waals surface area contributed by atoms with Crippen LogP contribution in [0, 0.1) is 0 Å². The first kappa shape index (κ1) is 26.8. The molecule has 3 atom stereocenters. The van der Waals surface area contributed by atoms with Crippen LogP contribution in [0.15, 0.2) is 12.7 Å². The molecule has 186 valence electrons. The molecule has 1 aliphatic rings. The average Bonchev–Trinajstić information content (AvgIpc) is 3.21. The van der Waals surface area contributed by atoms with E-state index >= 15 is 0 Å². The largest absolute Gasteiger partial charge is 0.414 e. The summed E-state index contributed by atoms with van der Waals surface area (Å²) in [5.74, 6) is 0. The van der Waals surface area contributed by atoms with Gasteiger partial charge in [-0.3, -0.25) is 4.57 Å². The highest BCUT2D eigenvalue weighted by Crippen LogP contribution is 2.46. The van der Waals surface area contributed by atoms with Crippen LogP contribution in [-0.2, 0) is 13.6 Å². The van der Waals surface area contributed by atoms with Gasteiger partial charge in [0.1, 0.15) is 23.7 Å². The third-order valence-corrected chi connectivity index (χ3v) is 17.1. The van der Waals surface area contributed by atoms with E-state index in [0.717, 1.165) is 0 Å². The lowest BCUT2D eigenvalue weighted by Gasteiger charge is -2.43. The van der Waals surface area contributed by atoms with E-state index in [0.29, 0.717) is 29.3 Å². The molecular formula is C23H41ClN4O3Si2. The van der Waals surface area contributed by atoms with E-state index in [1.54, 1.807) is 6.33 Å². The maximum Gasteiger partial charge on any atom is 0.192 e. The zero-order valence-electron chi connectivity index (χ0n) is 22.1. The van der Waals surface area contributed by atoms with Crippen LogP contribution in [0.25, 0.3) is 11.2 Å². The molecule has 1 fully saturated rings. The van der Waals surface area contributed by atoms with Gasteiger partial charge >= 0.3 is 0 Å². The Morgan fingerprint density at radius 1 is 1.06 bits per heavy atom. The van der Waals surface area contributed by atoms with E-state index in [2.05, 4.69) is 89.6 Å². The molecule has 3 heterocycles. The van der Waals surface area contributed by atoms with E-state index in [9.17, 15) is 0 Å². The number of halogens is 1. The van der Waals surface area contributed by atoms with E-state index in [4.69, 9.17) is 25.2 Å². The standard InChI is InChI=1S/C23H41ClN4O3Si2/c1-21(2,3)32(8,9)29-13-23(7)16(31-33(10,11)22(4,5)6)12-17(30-23)28-15-27-18-19(24)25-14-26-20(18)28/h14-17H,12-13H2,1-11H3/t16-,17+,23+/m0/s1. The van der Waals surface area contributed by atoms with Crippen molar-refractivity contribution in [3.8, 4) is 0 Å². The van der Waals surface area contributed by atoms with E-state index in [1.807, 2.05) is 4.57 Å². The summed E-state index contributed by atoms with van der Waals surface area (Å²) >= 11 is 6.24. The van der Waals surface area contributed by atoms with Crippen molar-refractivity contribution in [3.63, 3.8) is 0 Å². The molecule has 0 bridgehead atoms. The molecule has 0 radical (unpaired) electrons. The molecular weight excluding hydrogens is 472 g/mol. The van der Waals surface area contributed by atoms with Gasteiger partial charge in [0.25, 0.3) is 0 Å². The topological polar surface area (TPSA) is 71.3 Å². The molecule has 0 amide bonds. The molecule has 0 saturated carbocycles. The van der Waals surface area contributed by atoms with Crippen molar-refractivity contribution in [2.24, 2.45) is 0 Å². The first-order chi connectivity index (χ1) is 14.9. The van der Waals surface area contributed by atoms with Gasteiger partial charge in [-0.25, -0.2) is 15.0 Å². The van der Waals surface area contributed by atoms with Crippen molar-refractivity contribution < 1.29 is 13.6 Å². The van der Waals surface area contributed by atoms with Gasteiger partial charge in [0.05, 0.1) is 19.0 Å². The third kappa shape index (κ3) is 5.23. The first-order valence-corrected chi connectivity index (χ1v) is 17.9. The molecule has 0 N–H and O–H groups in total. The molecule has 1 saturated heterocycles.